The molecule has 3 aromatic rings. The van der Waals surface area contributed by atoms with Crippen molar-refractivity contribution in [1.82, 2.24) is 15.5 Å². The molecule has 0 saturated carbocycles. The van der Waals surface area contributed by atoms with E-state index in [1.165, 1.54) is 17.6 Å². The Hall–Kier alpha value is -2.52. The van der Waals surface area contributed by atoms with Crippen LogP contribution in [0.4, 0.5) is 5.69 Å². The molecule has 7 nitrogen and oxygen atoms in total. The van der Waals surface area contributed by atoms with E-state index in [1.54, 1.807) is 19.1 Å². The highest BCUT2D eigenvalue weighted by Crippen LogP contribution is 2.34. The highest BCUT2D eigenvalue weighted by Gasteiger charge is 2.20. The van der Waals surface area contributed by atoms with Gasteiger partial charge in [0, 0.05) is 18.2 Å². The van der Waals surface area contributed by atoms with Gasteiger partial charge in [0.15, 0.2) is 9.84 Å². The van der Waals surface area contributed by atoms with Gasteiger partial charge in [-0.05, 0) is 37.5 Å². The summed E-state index contributed by atoms with van der Waals surface area (Å²) < 4.78 is 23.3. The molecule has 3 N–H and O–H groups in total. The molecule has 0 fully saturated rings. The average molecular weight is 419 g/mol. The van der Waals surface area contributed by atoms with Gasteiger partial charge in [-0.15, -0.1) is 16.4 Å². The second kappa shape index (κ2) is 7.48. The fourth-order valence-electron chi connectivity index (χ4n) is 2.83. The SMILES string of the molecule is Cc1nnc2sc(C(=O)NCc3ccc(C(C)S(C)(=O)=O)cc3)c(N)c2c1C. The number of nitrogens with two attached hydrogens (primary N) is 1. The number of benzene rings is 1. The van der Waals surface area contributed by atoms with E-state index in [0.717, 1.165) is 27.8 Å². The zero-order valence-corrected chi connectivity index (χ0v) is 17.7. The highest BCUT2D eigenvalue weighted by atomic mass is 32.2. The number of hydrogen-bond donors (Lipinski definition) is 2. The van der Waals surface area contributed by atoms with E-state index in [1.807, 2.05) is 26.0 Å². The molecule has 0 bridgehead atoms. The van der Waals surface area contributed by atoms with E-state index < -0.39 is 15.1 Å². The average Bonchev–Trinajstić information content (AvgIpc) is 2.99. The minimum absolute atomic E-state index is 0.272. The molecule has 2 heterocycles. The summed E-state index contributed by atoms with van der Waals surface area (Å²) in [6, 6.07) is 7.15. The molecule has 9 heteroatoms. The number of rotatable bonds is 5. The van der Waals surface area contributed by atoms with Crippen molar-refractivity contribution in [3.8, 4) is 0 Å². The zero-order valence-electron chi connectivity index (χ0n) is 16.1. The third kappa shape index (κ3) is 3.85. The summed E-state index contributed by atoms with van der Waals surface area (Å²) in [7, 11) is -3.15. The van der Waals surface area contributed by atoms with Gasteiger partial charge in [0.05, 0.1) is 16.6 Å². The lowest BCUT2D eigenvalue weighted by Crippen LogP contribution is -2.22. The molecule has 1 aromatic carbocycles. The molecule has 0 aliphatic rings. The number of aryl methyl sites for hydroxylation is 2. The number of thiophene rings is 1. The van der Waals surface area contributed by atoms with Crippen LogP contribution < -0.4 is 11.1 Å². The standard InChI is InChI=1S/C19H22N4O3S2/c1-10-11(2)22-23-19-15(10)16(20)17(27-19)18(24)21-9-13-5-7-14(8-6-13)12(3)28(4,25)26/h5-8,12H,9,20H2,1-4H3,(H,21,24). The smallest absolute Gasteiger partial charge is 0.263 e. The summed E-state index contributed by atoms with van der Waals surface area (Å²) in [6.45, 7) is 5.73. The molecule has 1 atom stereocenters. The Morgan fingerprint density at radius 2 is 1.86 bits per heavy atom. The second-order valence-corrected chi connectivity index (χ2v) is 10.2. The third-order valence-electron chi connectivity index (χ3n) is 4.89. The topological polar surface area (TPSA) is 115 Å². The molecule has 28 heavy (non-hydrogen) atoms. The fraction of sp³-hybridized carbons (Fsp3) is 0.316. The van der Waals surface area contributed by atoms with Crippen LogP contribution in [-0.2, 0) is 16.4 Å². The van der Waals surface area contributed by atoms with E-state index in [2.05, 4.69) is 15.5 Å². The molecule has 1 unspecified atom stereocenters. The van der Waals surface area contributed by atoms with Crippen LogP contribution in [0.25, 0.3) is 10.2 Å². The van der Waals surface area contributed by atoms with Crippen molar-refractivity contribution in [1.29, 1.82) is 0 Å². The lowest BCUT2D eigenvalue weighted by molar-refractivity contribution is 0.0956. The van der Waals surface area contributed by atoms with Gasteiger partial charge < -0.3 is 11.1 Å². The highest BCUT2D eigenvalue weighted by molar-refractivity contribution is 7.90. The van der Waals surface area contributed by atoms with Crippen LogP contribution in [0.2, 0.25) is 0 Å². The molecule has 0 radical (unpaired) electrons. The number of anilines is 1. The number of carbonyl (C=O) groups excluding carboxylic acids is 1. The van der Waals surface area contributed by atoms with Crippen LogP contribution in [0.5, 0.6) is 0 Å². The number of nitrogens with zero attached hydrogens (tertiary/aromatic N) is 2. The number of amides is 1. The maximum absolute atomic E-state index is 12.6. The van der Waals surface area contributed by atoms with Crippen molar-refractivity contribution >= 4 is 43.0 Å². The minimum Gasteiger partial charge on any atom is -0.397 e. The van der Waals surface area contributed by atoms with Crippen molar-refractivity contribution in [2.45, 2.75) is 32.6 Å². The third-order valence-corrected chi connectivity index (χ3v) is 7.53. The Bertz CT molecular complexity index is 1150. The first-order valence-electron chi connectivity index (χ1n) is 8.67. The van der Waals surface area contributed by atoms with Crippen LogP contribution >= 0.6 is 11.3 Å². The molecular weight excluding hydrogens is 396 g/mol. The molecule has 0 aliphatic heterocycles. The summed E-state index contributed by atoms with van der Waals surface area (Å²) >= 11 is 1.22. The Balaban J connectivity index is 1.75. The van der Waals surface area contributed by atoms with Gasteiger partial charge in [-0.1, -0.05) is 24.3 Å². The number of sulfone groups is 1. The molecule has 0 aliphatic carbocycles. The molecule has 2 aromatic heterocycles. The number of carbonyl (C=O) groups is 1. The fourth-order valence-corrected chi connectivity index (χ4v) is 4.49. The van der Waals surface area contributed by atoms with Crippen molar-refractivity contribution in [2.75, 3.05) is 12.0 Å². The maximum Gasteiger partial charge on any atom is 0.263 e. The maximum atomic E-state index is 12.6. The van der Waals surface area contributed by atoms with Gasteiger partial charge in [0.2, 0.25) is 0 Å². The molecular formula is C19H22N4O3S2. The Labute approximate surface area is 167 Å². The van der Waals surface area contributed by atoms with E-state index in [9.17, 15) is 13.2 Å². The van der Waals surface area contributed by atoms with E-state index in [0.29, 0.717) is 21.9 Å². The first-order chi connectivity index (χ1) is 13.1. The predicted octanol–water partition coefficient (Wildman–Crippen LogP) is 2.93. The molecule has 3 rings (SSSR count). The first-order valence-corrected chi connectivity index (χ1v) is 11.4. The van der Waals surface area contributed by atoms with Crippen molar-refractivity contribution < 1.29 is 13.2 Å². The lowest BCUT2D eigenvalue weighted by atomic mass is 10.1. The summed E-state index contributed by atoms with van der Waals surface area (Å²) in [5.41, 5.74) is 9.91. The van der Waals surface area contributed by atoms with E-state index >= 15 is 0 Å². The number of nitrogen functional groups attached to an aromatic ring is 1. The monoisotopic (exact) mass is 418 g/mol. The van der Waals surface area contributed by atoms with Crippen LogP contribution in [0.15, 0.2) is 24.3 Å². The predicted molar refractivity (Wildman–Crippen MR) is 112 cm³/mol. The van der Waals surface area contributed by atoms with Gasteiger partial charge in [-0.25, -0.2) is 8.42 Å². The number of fused-ring (bicyclic) bond motifs is 1. The van der Waals surface area contributed by atoms with E-state index in [4.69, 9.17) is 5.73 Å². The molecule has 0 saturated heterocycles. The summed E-state index contributed by atoms with van der Waals surface area (Å²) in [5.74, 6) is -0.272. The number of aromatic nitrogens is 2. The normalized spacial score (nSPS) is 12.9. The second-order valence-electron chi connectivity index (χ2n) is 6.83. The Morgan fingerprint density at radius 1 is 1.21 bits per heavy atom. The lowest BCUT2D eigenvalue weighted by Gasteiger charge is -2.11. The van der Waals surface area contributed by atoms with Gasteiger partial charge in [-0.3, -0.25) is 4.79 Å². The van der Waals surface area contributed by atoms with Gasteiger partial charge in [0.1, 0.15) is 9.71 Å². The zero-order chi connectivity index (χ0) is 20.6. The quantitative estimate of drug-likeness (QED) is 0.658. The molecule has 0 spiro atoms. The van der Waals surface area contributed by atoms with Crippen molar-refractivity contribution in [3.63, 3.8) is 0 Å². The summed E-state index contributed by atoms with van der Waals surface area (Å²) in [4.78, 5) is 13.7. The van der Waals surface area contributed by atoms with Crippen LogP contribution in [-0.4, -0.2) is 30.8 Å². The molecule has 148 valence electrons. The largest absolute Gasteiger partial charge is 0.397 e. The van der Waals surface area contributed by atoms with Gasteiger partial charge in [0.25, 0.3) is 5.91 Å². The van der Waals surface area contributed by atoms with Crippen LogP contribution in [0.1, 0.15) is 44.2 Å². The number of nitrogens with one attached hydrogen (secondary N) is 1. The molecule has 1 amide bonds. The van der Waals surface area contributed by atoms with Gasteiger partial charge in [-0.2, -0.15) is 5.10 Å². The van der Waals surface area contributed by atoms with Gasteiger partial charge >= 0.3 is 0 Å². The summed E-state index contributed by atoms with van der Waals surface area (Å²) in [5, 5.41) is 11.3. The summed E-state index contributed by atoms with van der Waals surface area (Å²) in [6.07, 6.45) is 1.22. The van der Waals surface area contributed by atoms with Crippen molar-refractivity contribution in [3.05, 3.63) is 51.5 Å². The Morgan fingerprint density at radius 3 is 2.46 bits per heavy atom. The van der Waals surface area contributed by atoms with Crippen molar-refractivity contribution in [2.24, 2.45) is 0 Å². The Kier molecular flexibility index (Phi) is 5.40. The van der Waals surface area contributed by atoms with E-state index in [-0.39, 0.29) is 5.91 Å². The number of hydrogen-bond acceptors (Lipinski definition) is 7. The van der Waals surface area contributed by atoms with Crippen LogP contribution in [0, 0.1) is 13.8 Å². The first kappa shape index (κ1) is 20.2. The van der Waals surface area contributed by atoms with Crippen LogP contribution in [0.3, 0.4) is 0 Å². The minimum atomic E-state index is -3.15.